The molecule has 2 amide bonds. The molecule has 2 N–H and O–H groups in total. The largest absolute Gasteiger partial charge is 0.338 e. The molecular weight excluding hydrogens is 228 g/mol. The van der Waals surface area contributed by atoms with Gasteiger partial charge in [-0.15, -0.1) is 0 Å². The number of carbonyl (C=O) groups is 1. The second kappa shape index (κ2) is 7.03. The van der Waals surface area contributed by atoms with Crippen molar-refractivity contribution in [1.82, 2.24) is 20.4 Å². The van der Waals surface area contributed by atoms with Crippen molar-refractivity contribution in [2.24, 2.45) is 0 Å². The van der Waals surface area contributed by atoms with Gasteiger partial charge in [0.05, 0.1) is 11.7 Å². The quantitative estimate of drug-likeness (QED) is 0.764. The first-order valence-electron chi connectivity index (χ1n) is 6.66. The molecule has 1 rings (SSSR count). The molecular formula is C13H24N4O. The second-order valence-corrected chi connectivity index (χ2v) is 4.50. The third-order valence-electron chi connectivity index (χ3n) is 2.94. The number of unbranched alkanes of at least 4 members (excludes halogenated alkanes) is 1. The van der Waals surface area contributed by atoms with E-state index in [9.17, 15) is 4.79 Å². The molecule has 0 saturated carbocycles. The smallest absolute Gasteiger partial charge is 0.315 e. The minimum atomic E-state index is -0.111. The molecule has 0 bridgehead atoms. The molecule has 0 aliphatic heterocycles. The van der Waals surface area contributed by atoms with Gasteiger partial charge in [0.2, 0.25) is 0 Å². The van der Waals surface area contributed by atoms with E-state index in [4.69, 9.17) is 0 Å². The Bertz CT molecular complexity index is 386. The Morgan fingerprint density at radius 3 is 2.78 bits per heavy atom. The topological polar surface area (TPSA) is 59.0 Å². The number of urea groups is 1. The number of hydrogen-bond acceptors (Lipinski definition) is 2. The molecule has 0 aliphatic carbocycles. The van der Waals surface area contributed by atoms with Gasteiger partial charge in [-0.1, -0.05) is 13.3 Å². The van der Waals surface area contributed by atoms with E-state index in [1.54, 1.807) is 0 Å². The number of amides is 2. The van der Waals surface area contributed by atoms with Crippen LogP contribution in [0.2, 0.25) is 0 Å². The highest BCUT2D eigenvalue weighted by Crippen LogP contribution is 2.15. The van der Waals surface area contributed by atoms with Crippen molar-refractivity contribution in [3.63, 3.8) is 0 Å². The van der Waals surface area contributed by atoms with E-state index in [2.05, 4.69) is 22.7 Å². The van der Waals surface area contributed by atoms with E-state index < -0.39 is 0 Å². The fraction of sp³-hybridized carbons (Fsp3) is 0.692. The molecule has 18 heavy (non-hydrogen) atoms. The highest BCUT2D eigenvalue weighted by molar-refractivity contribution is 5.74. The molecule has 102 valence electrons. The number of hydrogen-bond donors (Lipinski definition) is 2. The summed E-state index contributed by atoms with van der Waals surface area (Å²) in [7, 11) is 0. The predicted octanol–water partition coefficient (Wildman–Crippen LogP) is 2.37. The van der Waals surface area contributed by atoms with Gasteiger partial charge < -0.3 is 10.6 Å². The highest BCUT2D eigenvalue weighted by Gasteiger charge is 2.14. The van der Waals surface area contributed by atoms with Gasteiger partial charge in [-0.3, -0.25) is 4.68 Å². The van der Waals surface area contributed by atoms with E-state index in [-0.39, 0.29) is 12.1 Å². The summed E-state index contributed by atoms with van der Waals surface area (Å²) in [4.78, 5) is 11.6. The summed E-state index contributed by atoms with van der Waals surface area (Å²) in [6.45, 7) is 9.66. The molecule has 1 aromatic heterocycles. The summed E-state index contributed by atoms with van der Waals surface area (Å²) in [5.74, 6) is 0. The van der Waals surface area contributed by atoms with Gasteiger partial charge in [0.25, 0.3) is 0 Å². The number of nitrogens with zero attached hydrogens (tertiary/aromatic N) is 2. The number of aryl methyl sites for hydroxylation is 2. The Labute approximate surface area is 109 Å². The van der Waals surface area contributed by atoms with Crippen molar-refractivity contribution >= 4 is 6.03 Å². The standard InChI is InChI=1S/C13H24N4O/c1-5-7-8-14-13(18)15-10(3)12-9-17(6-2)16-11(12)4/h9-10H,5-8H2,1-4H3,(H2,14,15,18). The van der Waals surface area contributed by atoms with Crippen LogP contribution in [0.1, 0.15) is 50.9 Å². The van der Waals surface area contributed by atoms with E-state index in [0.29, 0.717) is 0 Å². The van der Waals surface area contributed by atoms with Crippen molar-refractivity contribution in [2.45, 2.75) is 53.1 Å². The Hall–Kier alpha value is -1.52. The van der Waals surface area contributed by atoms with Gasteiger partial charge in [0, 0.05) is 24.8 Å². The zero-order valence-corrected chi connectivity index (χ0v) is 11.8. The number of nitrogens with one attached hydrogen (secondary N) is 2. The third-order valence-corrected chi connectivity index (χ3v) is 2.94. The minimum absolute atomic E-state index is 0.0214. The second-order valence-electron chi connectivity index (χ2n) is 4.50. The van der Waals surface area contributed by atoms with Gasteiger partial charge in [-0.2, -0.15) is 5.10 Å². The van der Waals surface area contributed by atoms with Crippen LogP contribution in [0.5, 0.6) is 0 Å². The lowest BCUT2D eigenvalue weighted by molar-refractivity contribution is 0.237. The summed E-state index contributed by atoms with van der Waals surface area (Å²) >= 11 is 0. The van der Waals surface area contributed by atoms with Crippen LogP contribution in [-0.2, 0) is 6.54 Å². The monoisotopic (exact) mass is 252 g/mol. The SMILES string of the molecule is CCCCNC(=O)NC(C)c1cn(CC)nc1C. The lowest BCUT2D eigenvalue weighted by Gasteiger charge is -2.13. The average molecular weight is 252 g/mol. The van der Waals surface area contributed by atoms with Crippen LogP contribution in [-0.4, -0.2) is 22.4 Å². The van der Waals surface area contributed by atoms with Crippen LogP contribution < -0.4 is 10.6 Å². The maximum Gasteiger partial charge on any atom is 0.315 e. The lowest BCUT2D eigenvalue weighted by Crippen LogP contribution is -2.37. The first kappa shape index (κ1) is 14.5. The van der Waals surface area contributed by atoms with Crippen LogP contribution in [0.4, 0.5) is 4.79 Å². The fourth-order valence-electron chi connectivity index (χ4n) is 1.82. The van der Waals surface area contributed by atoms with Crippen molar-refractivity contribution in [3.8, 4) is 0 Å². The summed E-state index contributed by atoms with van der Waals surface area (Å²) in [6.07, 6.45) is 4.08. The molecule has 0 aromatic carbocycles. The third kappa shape index (κ3) is 4.05. The predicted molar refractivity (Wildman–Crippen MR) is 72.5 cm³/mol. The first-order chi connectivity index (χ1) is 8.58. The van der Waals surface area contributed by atoms with Crippen molar-refractivity contribution in [3.05, 3.63) is 17.5 Å². The molecule has 0 spiro atoms. The Morgan fingerprint density at radius 1 is 1.50 bits per heavy atom. The molecule has 5 heteroatoms. The van der Waals surface area contributed by atoms with Crippen molar-refractivity contribution in [2.75, 3.05) is 6.54 Å². The van der Waals surface area contributed by atoms with Crippen LogP contribution in [0.3, 0.4) is 0 Å². The number of carbonyl (C=O) groups excluding carboxylic acids is 1. The zero-order chi connectivity index (χ0) is 13.5. The maximum absolute atomic E-state index is 11.6. The molecule has 1 heterocycles. The van der Waals surface area contributed by atoms with Crippen LogP contribution >= 0.6 is 0 Å². The molecule has 0 radical (unpaired) electrons. The van der Waals surface area contributed by atoms with Gasteiger partial charge >= 0.3 is 6.03 Å². The van der Waals surface area contributed by atoms with E-state index >= 15 is 0 Å². The zero-order valence-electron chi connectivity index (χ0n) is 11.8. The molecule has 1 unspecified atom stereocenters. The van der Waals surface area contributed by atoms with Crippen LogP contribution in [0.15, 0.2) is 6.20 Å². The summed E-state index contributed by atoms with van der Waals surface area (Å²) < 4.78 is 1.89. The Kier molecular flexibility index (Phi) is 5.68. The summed E-state index contributed by atoms with van der Waals surface area (Å²) in [5, 5.41) is 10.2. The van der Waals surface area contributed by atoms with Crippen LogP contribution in [0.25, 0.3) is 0 Å². The lowest BCUT2D eigenvalue weighted by atomic mass is 10.1. The van der Waals surface area contributed by atoms with Gasteiger partial charge in [0.15, 0.2) is 0 Å². The Morgan fingerprint density at radius 2 is 2.22 bits per heavy atom. The highest BCUT2D eigenvalue weighted by atomic mass is 16.2. The average Bonchev–Trinajstić information content (AvgIpc) is 2.71. The maximum atomic E-state index is 11.6. The molecule has 0 fully saturated rings. The molecule has 0 aliphatic rings. The molecule has 5 nitrogen and oxygen atoms in total. The first-order valence-corrected chi connectivity index (χ1v) is 6.66. The molecule has 1 aromatic rings. The van der Waals surface area contributed by atoms with E-state index in [1.165, 1.54) is 0 Å². The van der Waals surface area contributed by atoms with Crippen LogP contribution in [0, 0.1) is 6.92 Å². The Balaban J connectivity index is 2.50. The van der Waals surface area contributed by atoms with E-state index in [1.807, 2.05) is 31.6 Å². The summed E-state index contributed by atoms with van der Waals surface area (Å²) in [5.41, 5.74) is 2.04. The van der Waals surface area contributed by atoms with Gasteiger partial charge in [0.1, 0.15) is 0 Å². The van der Waals surface area contributed by atoms with Gasteiger partial charge in [-0.25, -0.2) is 4.79 Å². The normalized spacial score (nSPS) is 12.2. The van der Waals surface area contributed by atoms with Crippen molar-refractivity contribution < 1.29 is 4.79 Å². The number of aromatic nitrogens is 2. The molecule has 1 atom stereocenters. The summed E-state index contributed by atoms with van der Waals surface area (Å²) in [6, 6.07) is -0.133. The van der Waals surface area contributed by atoms with Gasteiger partial charge in [-0.05, 0) is 27.2 Å². The molecule has 0 saturated heterocycles. The minimum Gasteiger partial charge on any atom is -0.338 e. The van der Waals surface area contributed by atoms with Crippen molar-refractivity contribution in [1.29, 1.82) is 0 Å². The fourth-order valence-corrected chi connectivity index (χ4v) is 1.82. The number of rotatable bonds is 6. The van der Waals surface area contributed by atoms with E-state index in [0.717, 1.165) is 37.2 Å².